The van der Waals surface area contributed by atoms with Crippen molar-refractivity contribution in [3.63, 3.8) is 0 Å². The van der Waals surface area contributed by atoms with Crippen molar-refractivity contribution in [1.82, 2.24) is 9.80 Å². The molecule has 1 saturated heterocycles. The van der Waals surface area contributed by atoms with Crippen LogP contribution in [0.15, 0.2) is 0 Å². The highest BCUT2D eigenvalue weighted by Gasteiger charge is 2.28. The van der Waals surface area contributed by atoms with Gasteiger partial charge in [-0.2, -0.15) is 5.26 Å². The van der Waals surface area contributed by atoms with Crippen LogP contribution in [-0.4, -0.2) is 47.9 Å². The quantitative estimate of drug-likeness (QED) is 0.747. The molecule has 100 valence electrons. The summed E-state index contributed by atoms with van der Waals surface area (Å²) < 4.78 is 0. The first kappa shape index (κ1) is 13.4. The number of carbonyl (C=O) groups is 1. The zero-order valence-electron chi connectivity index (χ0n) is 11.3. The Kier molecular flexibility index (Phi) is 4.60. The van der Waals surface area contributed by atoms with Crippen LogP contribution in [-0.2, 0) is 4.79 Å². The molecule has 0 unspecified atom stereocenters. The fourth-order valence-corrected chi connectivity index (χ4v) is 3.13. The van der Waals surface area contributed by atoms with E-state index in [9.17, 15) is 4.79 Å². The first-order valence-electron chi connectivity index (χ1n) is 7.16. The van der Waals surface area contributed by atoms with E-state index in [1.54, 1.807) is 0 Å². The molecule has 1 saturated carbocycles. The molecule has 2 fully saturated rings. The van der Waals surface area contributed by atoms with Gasteiger partial charge in [-0.1, -0.05) is 6.92 Å². The Morgan fingerprint density at radius 3 is 2.28 bits per heavy atom. The molecular formula is C14H23N3O. The van der Waals surface area contributed by atoms with Gasteiger partial charge in [-0.15, -0.1) is 0 Å². The minimum atomic E-state index is 0.280. The van der Waals surface area contributed by atoms with Crippen molar-refractivity contribution < 1.29 is 4.79 Å². The third-order valence-electron chi connectivity index (χ3n) is 4.37. The van der Waals surface area contributed by atoms with Crippen LogP contribution in [0.4, 0.5) is 0 Å². The van der Waals surface area contributed by atoms with Crippen molar-refractivity contribution >= 4 is 5.91 Å². The van der Waals surface area contributed by atoms with Crippen molar-refractivity contribution in [3.8, 4) is 6.07 Å². The molecule has 1 aliphatic carbocycles. The fourth-order valence-electron chi connectivity index (χ4n) is 3.13. The van der Waals surface area contributed by atoms with Gasteiger partial charge in [0, 0.05) is 44.6 Å². The molecule has 1 amide bonds. The van der Waals surface area contributed by atoms with Crippen molar-refractivity contribution in [2.45, 2.75) is 45.1 Å². The van der Waals surface area contributed by atoms with E-state index in [1.807, 2.05) is 11.8 Å². The van der Waals surface area contributed by atoms with Crippen LogP contribution in [0.25, 0.3) is 0 Å². The zero-order valence-corrected chi connectivity index (χ0v) is 11.3. The molecule has 0 aromatic rings. The van der Waals surface area contributed by atoms with Crippen LogP contribution >= 0.6 is 0 Å². The average Bonchev–Trinajstić information content (AvgIpc) is 2.47. The molecule has 0 atom stereocenters. The molecule has 4 nitrogen and oxygen atoms in total. The van der Waals surface area contributed by atoms with Gasteiger partial charge in [0.25, 0.3) is 0 Å². The normalized spacial score (nSPS) is 29.9. The maximum absolute atomic E-state index is 11.6. The predicted molar refractivity (Wildman–Crippen MR) is 69.8 cm³/mol. The molecular weight excluding hydrogens is 226 g/mol. The van der Waals surface area contributed by atoms with Crippen molar-refractivity contribution in [2.24, 2.45) is 5.92 Å². The standard InChI is InChI=1S/C14H23N3O/c1-2-14(18)17-9-7-16(8-10-17)13-5-3-12(11-15)4-6-13/h12-13H,2-10H2,1H3/t12-,13+. The van der Waals surface area contributed by atoms with Gasteiger partial charge in [-0.3, -0.25) is 9.69 Å². The Labute approximate surface area is 110 Å². The largest absolute Gasteiger partial charge is 0.340 e. The van der Waals surface area contributed by atoms with Gasteiger partial charge < -0.3 is 4.90 Å². The third kappa shape index (κ3) is 3.02. The van der Waals surface area contributed by atoms with Gasteiger partial charge in [0.1, 0.15) is 0 Å². The van der Waals surface area contributed by atoms with E-state index in [1.165, 1.54) is 0 Å². The average molecular weight is 249 g/mol. The number of hydrogen-bond acceptors (Lipinski definition) is 3. The lowest BCUT2D eigenvalue weighted by molar-refractivity contribution is -0.133. The summed E-state index contributed by atoms with van der Waals surface area (Å²) in [6, 6.07) is 3.03. The Bertz CT molecular complexity index is 320. The van der Waals surface area contributed by atoms with Gasteiger partial charge in [0.2, 0.25) is 5.91 Å². The Balaban J connectivity index is 1.77. The summed E-state index contributed by atoms with van der Waals surface area (Å²) in [7, 11) is 0. The maximum atomic E-state index is 11.6. The van der Waals surface area contributed by atoms with Gasteiger partial charge in [0.15, 0.2) is 0 Å². The summed E-state index contributed by atoms with van der Waals surface area (Å²) in [6.07, 6.45) is 5.03. The van der Waals surface area contributed by atoms with E-state index in [2.05, 4.69) is 11.0 Å². The first-order chi connectivity index (χ1) is 8.74. The van der Waals surface area contributed by atoms with E-state index in [-0.39, 0.29) is 11.8 Å². The monoisotopic (exact) mass is 249 g/mol. The van der Waals surface area contributed by atoms with Gasteiger partial charge in [0.05, 0.1) is 6.07 Å². The topological polar surface area (TPSA) is 47.3 Å². The molecule has 1 aliphatic heterocycles. The summed E-state index contributed by atoms with van der Waals surface area (Å²) in [6.45, 7) is 5.70. The van der Waals surface area contributed by atoms with Gasteiger partial charge in [-0.25, -0.2) is 0 Å². The molecule has 1 heterocycles. The number of amides is 1. The number of carbonyl (C=O) groups excluding carboxylic acids is 1. The van der Waals surface area contributed by atoms with E-state index < -0.39 is 0 Å². The molecule has 2 rings (SSSR count). The summed E-state index contributed by atoms with van der Waals surface area (Å²) in [5.74, 6) is 0.562. The summed E-state index contributed by atoms with van der Waals surface area (Å²) in [5.41, 5.74) is 0. The SMILES string of the molecule is CCC(=O)N1CCN([C@H]2CC[C@@H](C#N)CC2)CC1. The second kappa shape index (κ2) is 6.19. The highest BCUT2D eigenvalue weighted by Crippen LogP contribution is 2.27. The van der Waals surface area contributed by atoms with Crippen molar-refractivity contribution in [3.05, 3.63) is 0 Å². The second-order valence-corrected chi connectivity index (χ2v) is 5.40. The molecule has 4 heteroatoms. The molecule has 0 bridgehead atoms. The lowest BCUT2D eigenvalue weighted by Crippen LogP contribution is -2.52. The van der Waals surface area contributed by atoms with Crippen LogP contribution in [0.3, 0.4) is 0 Å². The zero-order chi connectivity index (χ0) is 13.0. The van der Waals surface area contributed by atoms with Crippen LogP contribution in [0, 0.1) is 17.2 Å². The number of rotatable bonds is 2. The minimum absolute atomic E-state index is 0.280. The number of nitriles is 1. The Morgan fingerprint density at radius 2 is 1.78 bits per heavy atom. The number of piperazine rings is 1. The Hall–Kier alpha value is -1.08. The number of hydrogen-bond donors (Lipinski definition) is 0. The van der Waals surface area contributed by atoms with Gasteiger partial charge in [-0.05, 0) is 25.7 Å². The maximum Gasteiger partial charge on any atom is 0.222 e. The first-order valence-corrected chi connectivity index (χ1v) is 7.16. The molecule has 0 aromatic carbocycles. The lowest BCUT2D eigenvalue weighted by atomic mass is 9.86. The highest BCUT2D eigenvalue weighted by atomic mass is 16.2. The van der Waals surface area contributed by atoms with Crippen LogP contribution in [0.2, 0.25) is 0 Å². The van der Waals surface area contributed by atoms with Crippen LogP contribution in [0.5, 0.6) is 0 Å². The smallest absolute Gasteiger partial charge is 0.222 e. The summed E-state index contributed by atoms with van der Waals surface area (Å²) in [4.78, 5) is 16.1. The van der Waals surface area contributed by atoms with E-state index >= 15 is 0 Å². The molecule has 0 radical (unpaired) electrons. The molecule has 18 heavy (non-hydrogen) atoms. The molecule has 0 spiro atoms. The molecule has 0 N–H and O–H groups in total. The fraction of sp³-hybridized carbons (Fsp3) is 0.857. The lowest BCUT2D eigenvalue weighted by Gasteiger charge is -2.41. The molecule has 2 aliphatic rings. The highest BCUT2D eigenvalue weighted by molar-refractivity contribution is 5.75. The van der Waals surface area contributed by atoms with E-state index in [0.29, 0.717) is 12.5 Å². The van der Waals surface area contributed by atoms with Crippen molar-refractivity contribution in [2.75, 3.05) is 26.2 Å². The predicted octanol–water partition coefficient (Wildman–Crippen LogP) is 1.62. The van der Waals surface area contributed by atoms with Crippen LogP contribution < -0.4 is 0 Å². The third-order valence-corrected chi connectivity index (χ3v) is 4.37. The number of nitrogens with zero attached hydrogens (tertiary/aromatic N) is 3. The minimum Gasteiger partial charge on any atom is -0.340 e. The summed E-state index contributed by atoms with van der Waals surface area (Å²) >= 11 is 0. The second-order valence-electron chi connectivity index (χ2n) is 5.40. The summed E-state index contributed by atoms with van der Waals surface area (Å²) in [5, 5.41) is 8.90. The van der Waals surface area contributed by atoms with Crippen molar-refractivity contribution in [1.29, 1.82) is 5.26 Å². The van der Waals surface area contributed by atoms with E-state index in [0.717, 1.165) is 51.9 Å². The van der Waals surface area contributed by atoms with Crippen LogP contribution in [0.1, 0.15) is 39.0 Å². The molecule has 0 aromatic heterocycles. The van der Waals surface area contributed by atoms with Gasteiger partial charge >= 0.3 is 0 Å². The Morgan fingerprint density at radius 1 is 1.17 bits per heavy atom. The van der Waals surface area contributed by atoms with E-state index in [4.69, 9.17) is 5.26 Å².